The van der Waals surface area contributed by atoms with E-state index in [2.05, 4.69) is 24.2 Å². The molecule has 0 radical (unpaired) electrons. The molecule has 0 aromatic heterocycles. The molecule has 31 heavy (non-hydrogen) atoms. The maximum absolute atomic E-state index is 11.7. The Morgan fingerprint density at radius 1 is 1.16 bits per heavy atom. The number of carbonyl (C=O) groups is 1. The van der Waals surface area contributed by atoms with Gasteiger partial charge >= 0.3 is 5.97 Å². The van der Waals surface area contributed by atoms with Gasteiger partial charge in [0.25, 0.3) is 0 Å². The Labute approximate surface area is 187 Å². The molecule has 0 atom stereocenters. The number of hydrogen-bond acceptors (Lipinski definition) is 6. The maximum atomic E-state index is 11.7. The zero-order valence-corrected chi connectivity index (χ0v) is 18.7. The Morgan fingerprint density at radius 2 is 1.94 bits per heavy atom. The summed E-state index contributed by atoms with van der Waals surface area (Å²) in [6, 6.07) is 13.9. The third-order valence-corrected chi connectivity index (χ3v) is 4.99. The molecular formula is C24H26ClN3O3. The van der Waals surface area contributed by atoms with Gasteiger partial charge in [-0.25, -0.2) is 4.98 Å². The summed E-state index contributed by atoms with van der Waals surface area (Å²) >= 11 is 0. The van der Waals surface area contributed by atoms with E-state index >= 15 is 0 Å². The first-order valence-corrected chi connectivity index (χ1v) is 10.3. The zero-order valence-electron chi connectivity index (χ0n) is 17.9. The lowest BCUT2D eigenvalue weighted by atomic mass is 10.0. The van der Waals surface area contributed by atoms with Crippen molar-refractivity contribution >= 4 is 45.9 Å². The van der Waals surface area contributed by atoms with Crippen LogP contribution in [0, 0.1) is 6.92 Å². The number of benzene rings is 3. The summed E-state index contributed by atoms with van der Waals surface area (Å²) in [6.07, 6.45) is 0.249. The molecule has 0 fully saturated rings. The first kappa shape index (κ1) is 22.6. The molecule has 6 nitrogen and oxygen atoms in total. The van der Waals surface area contributed by atoms with Crippen molar-refractivity contribution in [3.8, 4) is 11.5 Å². The van der Waals surface area contributed by atoms with E-state index in [9.17, 15) is 4.79 Å². The van der Waals surface area contributed by atoms with E-state index in [4.69, 9.17) is 14.1 Å². The van der Waals surface area contributed by atoms with Gasteiger partial charge in [0.2, 0.25) is 0 Å². The van der Waals surface area contributed by atoms with Crippen LogP contribution < -0.4 is 10.7 Å². The average Bonchev–Trinajstić information content (AvgIpc) is 2.74. The van der Waals surface area contributed by atoms with Gasteiger partial charge < -0.3 is 14.5 Å². The molecule has 0 amide bonds. The molecule has 1 heterocycles. The molecule has 0 unspecified atom stereocenters. The summed E-state index contributed by atoms with van der Waals surface area (Å²) in [5, 5.41) is 6.10. The molecule has 2 aromatic carbocycles. The molecule has 0 saturated carbocycles. The Balaban J connectivity index is 0.00000272. The summed E-state index contributed by atoms with van der Waals surface area (Å²) in [6.45, 7) is 7.50. The number of nitrogens with one attached hydrogen (secondary N) is 1. The van der Waals surface area contributed by atoms with Crippen LogP contribution >= 0.6 is 12.4 Å². The van der Waals surface area contributed by atoms with Gasteiger partial charge in [0.1, 0.15) is 11.2 Å². The van der Waals surface area contributed by atoms with E-state index in [1.807, 2.05) is 42.5 Å². The second-order valence-electron chi connectivity index (χ2n) is 7.10. The van der Waals surface area contributed by atoms with Crippen molar-refractivity contribution in [2.75, 3.05) is 25.0 Å². The Bertz CT molecular complexity index is 1270. The quantitative estimate of drug-likeness (QED) is 0.257. The monoisotopic (exact) mass is 439 g/mol. The van der Waals surface area contributed by atoms with E-state index in [0.29, 0.717) is 18.9 Å². The number of ether oxygens (including phenoxy) is 1. The van der Waals surface area contributed by atoms with Crippen LogP contribution in [0.2, 0.25) is 0 Å². The van der Waals surface area contributed by atoms with Gasteiger partial charge in [-0.1, -0.05) is 24.3 Å². The predicted molar refractivity (Wildman–Crippen MR) is 126 cm³/mol. The van der Waals surface area contributed by atoms with E-state index in [1.54, 1.807) is 6.92 Å². The van der Waals surface area contributed by atoms with Gasteiger partial charge in [-0.3, -0.25) is 9.79 Å². The maximum Gasteiger partial charge on any atom is 0.307 e. The van der Waals surface area contributed by atoms with Crippen LogP contribution in [0.5, 0.6) is 0 Å². The van der Waals surface area contributed by atoms with Crippen LogP contribution in [0.4, 0.5) is 5.69 Å². The molecule has 162 valence electrons. The summed E-state index contributed by atoms with van der Waals surface area (Å²) in [4.78, 5) is 21.2. The second kappa shape index (κ2) is 9.79. The minimum atomic E-state index is -0.241. The SMILES string of the molecule is CCNc1cc2oc3cc(=NCCC(=O)OCC)c4ccccc4c-3nc2cc1C.Cl. The normalized spacial score (nSPS) is 11.6. The molecular weight excluding hydrogens is 414 g/mol. The van der Waals surface area contributed by atoms with Crippen molar-refractivity contribution in [2.45, 2.75) is 27.2 Å². The number of hydrogen-bond donors (Lipinski definition) is 1. The molecule has 2 aliphatic rings. The lowest BCUT2D eigenvalue weighted by molar-refractivity contribution is -0.142. The van der Waals surface area contributed by atoms with Gasteiger partial charge in [-0.05, 0) is 32.4 Å². The van der Waals surface area contributed by atoms with E-state index < -0.39 is 0 Å². The molecule has 1 aliphatic heterocycles. The van der Waals surface area contributed by atoms with Crippen molar-refractivity contribution in [2.24, 2.45) is 4.99 Å². The number of rotatable bonds is 6. The van der Waals surface area contributed by atoms with Crippen LogP contribution in [0.25, 0.3) is 33.3 Å². The lowest BCUT2D eigenvalue weighted by Crippen LogP contribution is -2.10. The summed E-state index contributed by atoms with van der Waals surface area (Å²) in [5.41, 5.74) is 4.50. The van der Waals surface area contributed by atoms with Crippen LogP contribution in [0.3, 0.4) is 0 Å². The topological polar surface area (TPSA) is 76.7 Å². The Morgan fingerprint density at radius 3 is 2.68 bits per heavy atom. The largest absolute Gasteiger partial charge is 0.466 e. The highest BCUT2D eigenvalue weighted by atomic mass is 35.5. The highest BCUT2D eigenvalue weighted by Crippen LogP contribution is 2.32. The van der Waals surface area contributed by atoms with E-state index in [1.165, 1.54) is 0 Å². The number of aromatic nitrogens is 1. The van der Waals surface area contributed by atoms with Crippen molar-refractivity contribution < 1.29 is 13.9 Å². The molecule has 1 aliphatic carbocycles. The van der Waals surface area contributed by atoms with Gasteiger partial charge in [0.15, 0.2) is 11.3 Å². The highest BCUT2D eigenvalue weighted by molar-refractivity contribution is 5.96. The molecule has 4 rings (SSSR count). The number of carbonyl (C=O) groups excluding carboxylic acids is 1. The van der Waals surface area contributed by atoms with Gasteiger partial charge in [-0.15, -0.1) is 12.4 Å². The number of esters is 1. The third-order valence-electron chi connectivity index (χ3n) is 4.99. The van der Waals surface area contributed by atoms with Crippen molar-refractivity contribution in [3.63, 3.8) is 0 Å². The fourth-order valence-corrected chi connectivity index (χ4v) is 3.60. The Kier molecular flexibility index (Phi) is 7.13. The summed E-state index contributed by atoms with van der Waals surface area (Å²) in [5.74, 6) is 0.428. The molecule has 7 heteroatoms. The minimum Gasteiger partial charge on any atom is -0.466 e. The zero-order chi connectivity index (χ0) is 21.1. The first-order chi connectivity index (χ1) is 14.6. The van der Waals surface area contributed by atoms with Crippen LogP contribution in [-0.4, -0.2) is 30.6 Å². The number of halogens is 1. The molecule has 0 bridgehead atoms. The molecule has 1 N–H and O–H groups in total. The fourth-order valence-electron chi connectivity index (χ4n) is 3.60. The van der Waals surface area contributed by atoms with E-state index in [-0.39, 0.29) is 24.8 Å². The van der Waals surface area contributed by atoms with Gasteiger partial charge in [0, 0.05) is 35.1 Å². The summed E-state index contributed by atoms with van der Waals surface area (Å²) < 4.78 is 11.2. The molecule has 0 spiro atoms. The average molecular weight is 440 g/mol. The number of anilines is 1. The highest BCUT2D eigenvalue weighted by Gasteiger charge is 2.15. The van der Waals surface area contributed by atoms with E-state index in [0.717, 1.165) is 50.7 Å². The van der Waals surface area contributed by atoms with Crippen molar-refractivity contribution in [1.82, 2.24) is 4.98 Å². The molecule has 0 saturated heterocycles. The fraction of sp³-hybridized carbons (Fsp3) is 0.292. The smallest absolute Gasteiger partial charge is 0.307 e. The minimum absolute atomic E-state index is 0. The standard InChI is InChI=1S/C24H25N3O3.ClH/c1-4-25-18-13-21-20(12-15(18)3)27-24-17-9-7-6-8-16(17)19(14-22(24)30-21)26-11-10-23(28)29-5-2;/h6-9,12-14,25H,4-5,10-11H2,1-3H3;1H. The predicted octanol–water partition coefficient (Wildman–Crippen LogP) is 5.10. The number of aryl methyl sites for hydroxylation is 1. The lowest BCUT2D eigenvalue weighted by Gasteiger charge is -2.13. The molecule has 2 aromatic rings. The van der Waals surface area contributed by atoms with Gasteiger partial charge in [0.05, 0.1) is 24.9 Å². The van der Waals surface area contributed by atoms with Crippen molar-refractivity contribution in [1.29, 1.82) is 0 Å². The summed E-state index contributed by atoms with van der Waals surface area (Å²) in [7, 11) is 0. The number of nitrogens with zero attached hydrogens (tertiary/aromatic N) is 2. The van der Waals surface area contributed by atoms with Crippen LogP contribution in [0.1, 0.15) is 25.8 Å². The second-order valence-corrected chi connectivity index (χ2v) is 7.10. The first-order valence-electron chi connectivity index (χ1n) is 10.3. The third kappa shape index (κ3) is 4.64. The van der Waals surface area contributed by atoms with Crippen LogP contribution in [-0.2, 0) is 9.53 Å². The van der Waals surface area contributed by atoms with Crippen molar-refractivity contribution in [3.05, 3.63) is 53.4 Å². The van der Waals surface area contributed by atoms with Gasteiger partial charge in [-0.2, -0.15) is 0 Å². The number of fused-ring (bicyclic) bond motifs is 4. The van der Waals surface area contributed by atoms with Crippen LogP contribution in [0.15, 0.2) is 51.9 Å². The Hall–Kier alpha value is -3.12.